The van der Waals surface area contributed by atoms with Crippen LogP contribution in [0.5, 0.6) is 0 Å². The molecule has 2 aromatic carbocycles. The van der Waals surface area contributed by atoms with E-state index in [1.807, 2.05) is 48.5 Å². The molecule has 1 amide bonds. The maximum atomic E-state index is 12.7. The largest absolute Gasteiger partial charge is 0.338 e. The fraction of sp³-hybridized carbons (Fsp3) is 0.263. The molecule has 0 bridgehead atoms. The Bertz CT molecular complexity index is 1080. The third-order valence-corrected chi connectivity index (χ3v) is 6.10. The van der Waals surface area contributed by atoms with Gasteiger partial charge in [0.25, 0.3) is 10.2 Å². The third kappa shape index (κ3) is 3.77. The van der Waals surface area contributed by atoms with E-state index in [1.165, 1.54) is 4.31 Å². The summed E-state index contributed by atoms with van der Waals surface area (Å²) in [6, 6.07) is 15.2. The van der Waals surface area contributed by atoms with Gasteiger partial charge in [-0.15, -0.1) is 0 Å². The molecule has 28 heavy (non-hydrogen) atoms. The van der Waals surface area contributed by atoms with Gasteiger partial charge >= 0.3 is 0 Å². The molecule has 4 rings (SSSR count). The molecule has 0 radical (unpaired) electrons. The highest BCUT2D eigenvalue weighted by Gasteiger charge is 2.29. The standard InChI is InChI=1S/C19H21N5O3S/c20-28(26,27)24-11-9-13(10-12-24)19(25)23-15-6-2-1-5-14(15)18-21-16-7-3-4-8-17(16)22-18/h1-8,13H,9-12H2,(H,21,22)(H,23,25)(H2,20,26,27). The first kappa shape index (κ1) is 18.6. The molecule has 146 valence electrons. The van der Waals surface area contributed by atoms with Gasteiger partial charge in [0, 0.05) is 24.6 Å². The number of carbonyl (C=O) groups is 1. The zero-order valence-electron chi connectivity index (χ0n) is 15.1. The van der Waals surface area contributed by atoms with Crippen molar-refractivity contribution in [3.63, 3.8) is 0 Å². The van der Waals surface area contributed by atoms with Gasteiger partial charge in [0.2, 0.25) is 5.91 Å². The van der Waals surface area contributed by atoms with Crippen molar-refractivity contribution < 1.29 is 13.2 Å². The second-order valence-electron chi connectivity index (χ2n) is 6.86. The molecule has 9 heteroatoms. The minimum atomic E-state index is -3.70. The molecule has 2 heterocycles. The quantitative estimate of drug-likeness (QED) is 0.622. The van der Waals surface area contributed by atoms with Crippen molar-refractivity contribution in [2.45, 2.75) is 12.8 Å². The third-order valence-electron chi connectivity index (χ3n) is 5.01. The minimum Gasteiger partial charge on any atom is -0.338 e. The zero-order valence-corrected chi connectivity index (χ0v) is 15.9. The number of anilines is 1. The number of para-hydroxylation sites is 3. The summed E-state index contributed by atoms with van der Waals surface area (Å²) in [6.45, 7) is 0.504. The lowest BCUT2D eigenvalue weighted by molar-refractivity contribution is -0.120. The fourth-order valence-electron chi connectivity index (χ4n) is 3.49. The maximum Gasteiger partial charge on any atom is 0.276 e. The number of nitrogens with one attached hydrogen (secondary N) is 2. The van der Waals surface area contributed by atoms with E-state index in [9.17, 15) is 13.2 Å². The van der Waals surface area contributed by atoms with Gasteiger partial charge in [-0.25, -0.2) is 10.1 Å². The Balaban J connectivity index is 1.52. The summed E-state index contributed by atoms with van der Waals surface area (Å²) >= 11 is 0. The van der Waals surface area contributed by atoms with E-state index < -0.39 is 10.2 Å². The maximum absolute atomic E-state index is 12.7. The number of rotatable bonds is 4. The Kier molecular flexibility index (Phi) is 4.88. The van der Waals surface area contributed by atoms with E-state index in [0.29, 0.717) is 24.4 Å². The van der Waals surface area contributed by atoms with Crippen LogP contribution in [0.25, 0.3) is 22.4 Å². The van der Waals surface area contributed by atoms with E-state index in [4.69, 9.17) is 5.14 Å². The van der Waals surface area contributed by atoms with Gasteiger partial charge < -0.3 is 10.3 Å². The Morgan fingerprint density at radius 3 is 2.50 bits per heavy atom. The molecule has 1 aliphatic heterocycles. The molecule has 3 aromatic rings. The van der Waals surface area contributed by atoms with Gasteiger partial charge in [0.05, 0.1) is 16.7 Å². The van der Waals surface area contributed by atoms with Gasteiger partial charge in [-0.1, -0.05) is 24.3 Å². The van der Waals surface area contributed by atoms with Crippen molar-refractivity contribution >= 4 is 32.8 Å². The lowest BCUT2D eigenvalue weighted by atomic mass is 9.97. The average Bonchev–Trinajstić information content (AvgIpc) is 3.12. The van der Waals surface area contributed by atoms with Crippen LogP contribution in [0.1, 0.15) is 12.8 Å². The van der Waals surface area contributed by atoms with Gasteiger partial charge in [-0.2, -0.15) is 12.7 Å². The van der Waals surface area contributed by atoms with Crippen molar-refractivity contribution in [2.24, 2.45) is 11.1 Å². The Morgan fingerprint density at radius 1 is 1.11 bits per heavy atom. The highest BCUT2D eigenvalue weighted by molar-refractivity contribution is 7.86. The highest BCUT2D eigenvalue weighted by Crippen LogP contribution is 2.29. The van der Waals surface area contributed by atoms with Crippen molar-refractivity contribution in [3.05, 3.63) is 48.5 Å². The van der Waals surface area contributed by atoms with Crippen molar-refractivity contribution in [1.29, 1.82) is 0 Å². The fourth-order valence-corrected chi connectivity index (χ4v) is 4.21. The number of benzene rings is 2. The number of fused-ring (bicyclic) bond motifs is 1. The highest BCUT2D eigenvalue weighted by atomic mass is 32.2. The Labute approximate surface area is 162 Å². The molecule has 1 aliphatic rings. The van der Waals surface area contributed by atoms with E-state index in [2.05, 4.69) is 15.3 Å². The molecular formula is C19H21N5O3S. The van der Waals surface area contributed by atoms with Crippen molar-refractivity contribution in [2.75, 3.05) is 18.4 Å². The molecule has 0 unspecified atom stereocenters. The molecule has 0 aliphatic carbocycles. The molecule has 0 saturated carbocycles. The number of aromatic nitrogens is 2. The van der Waals surface area contributed by atoms with Crippen LogP contribution in [0.2, 0.25) is 0 Å². The van der Waals surface area contributed by atoms with E-state index in [-0.39, 0.29) is 24.9 Å². The molecular weight excluding hydrogens is 378 g/mol. The number of amides is 1. The molecule has 8 nitrogen and oxygen atoms in total. The smallest absolute Gasteiger partial charge is 0.276 e. The van der Waals surface area contributed by atoms with Crippen molar-refractivity contribution in [3.8, 4) is 11.4 Å². The van der Waals surface area contributed by atoms with Crippen LogP contribution in [0.3, 0.4) is 0 Å². The summed E-state index contributed by atoms with van der Waals surface area (Å²) in [6.07, 6.45) is 0.879. The summed E-state index contributed by atoms with van der Waals surface area (Å²) in [5.41, 5.74) is 3.25. The lowest BCUT2D eigenvalue weighted by Crippen LogP contribution is -2.44. The first-order valence-corrected chi connectivity index (χ1v) is 10.5. The molecule has 4 N–H and O–H groups in total. The second kappa shape index (κ2) is 7.34. The lowest BCUT2D eigenvalue weighted by Gasteiger charge is -2.29. The van der Waals surface area contributed by atoms with Crippen LogP contribution in [-0.2, 0) is 15.0 Å². The number of aromatic amines is 1. The summed E-state index contributed by atoms with van der Waals surface area (Å²) in [5, 5.41) is 8.14. The summed E-state index contributed by atoms with van der Waals surface area (Å²) in [7, 11) is -3.70. The number of hydrogen-bond acceptors (Lipinski definition) is 4. The average molecular weight is 399 g/mol. The van der Waals surface area contributed by atoms with Crippen LogP contribution < -0.4 is 10.5 Å². The van der Waals surface area contributed by atoms with Gasteiger partial charge in [0.1, 0.15) is 5.82 Å². The molecule has 0 spiro atoms. The summed E-state index contributed by atoms with van der Waals surface area (Å²) in [5.74, 6) is 0.292. The van der Waals surface area contributed by atoms with E-state index in [0.717, 1.165) is 16.6 Å². The minimum absolute atomic E-state index is 0.127. The Hall–Kier alpha value is -2.75. The van der Waals surface area contributed by atoms with Gasteiger partial charge in [0.15, 0.2) is 0 Å². The summed E-state index contributed by atoms with van der Waals surface area (Å²) < 4.78 is 24.1. The van der Waals surface area contributed by atoms with Crippen LogP contribution in [0.4, 0.5) is 5.69 Å². The predicted octanol–water partition coefficient (Wildman–Crippen LogP) is 2.08. The van der Waals surface area contributed by atoms with Crippen LogP contribution in [0.15, 0.2) is 48.5 Å². The molecule has 1 aromatic heterocycles. The first-order valence-electron chi connectivity index (χ1n) is 9.05. The Morgan fingerprint density at radius 2 is 1.79 bits per heavy atom. The normalized spacial score (nSPS) is 16.3. The number of nitrogens with two attached hydrogens (primary N) is 1. The number of piperidine rings is 1. The van der Waals surface area contributed by atoms with E-state index >= 15 is 0 Å². The topological polar surface area (TPSA) is 121 Å². The SMILES string of the molecule is NS(=O)(=O)N1CCC(C(=O)Nc2ccccc2-c2nc3ccccc3[nH]2)CC1. The monoisotopic (exact) mass is 399 g/mol. The van der Waals surface area contributed by atoms with Gasteiger partial charge in [-0.3, -0.25) is 4.79 Å². The van der Waals surface area contributed by atoms with E-state index in [1.54, 1.807) is 0 Å². The molecule has 0 atom stereocenters. The second-order valence-corrected chi connectivity index (χ2v) is 8.40. The van der Waals surface area contributed by atoms with Crippen LogP contribution >= 0.6 is 0 Å². The predicted molar refractivity (Wildman–Crippen MR) is 108 cm³/mol. The van der Waals surface area contributed by atoms with Crippen LogP contribution in [0, 0.1) is 5.92 Å². The molecule has 1 saturated heterocycles. The number of H-pyrrole nitrogens is 1. The van der Waals surface area contributed by atoms with Crippen LogP contribution in [-0.4, -0.2) is 41.7 Å². The number of carbonyl (C=O) groups excluding carboxylic acids is 1. The zero-order chi connectivity index (χ0) is 19.7. The number of nitrogens with zero attached hydrogens (tertiary/aromatic N) is 2. The van der Waals surface area contributed by atoms with Gasteiger partial charge in [-0.05, 0) is 37.1 Å². The molecule has 1 fully saturated rings. The van der Waals surface area contributed by atoms with Crippen molar-refractivity contribution in [1.82, 2.24) is 14.3 Å². The first-order chi connectivity index (χ1) is 13.4. The number of hydrogen-bond donors (Lipinski definition) is 3. The number of imidazole rings is 1. The summed E-state index contributed by atoms with van der Waals surface area (Å²) in [4.78, 5) is 20.6.